The van der Waals surface area contributed by atoms with Crippen LogP contribution in [0.15, 0.2) is 42.5 Å². The number of benzene rings is 3. The minimum atomic E-state index is -1.04. The monoisotopic (exact) mass is 526 g/mol. The van der Waals surface area contributed by atoms with Crippen molar-refractivity contribution in [3.8, 4) is 16.9 Å². The minimum absolute atomic E-state index is 0.0361. The van der Waals surface area contributed by atoms with E-state index in [4.69, 9.17) is 27.8 Å². The number of ether oxygens (including phenoxy) is 1. The van der Waals surface area contributed by atoms with Gasteiger partial charge in [-0.2, -0.15) is 0 Å². The molecule has 0 radical (unpaired) electrons. The summed E-state index contributed by atoms with van der Waals surface area (Å²) in [6.07, 6.45) is 1.79. The third-order valence-corrected chi connectivity index (χ3v) is 8.21. The quantitative estimate of drug-likeness (QED) is 0.335. The van der Waals surface area contributed by atoms with E-state index in [9.17, 15) is 9.90 Å². The molecule has 194 valence electrons. The maximum Gasteiger partial charge on any atom is 0.249 e. The van der Waals surface area contributed by atoms with Crippen molar-refractivity contribution in [2.24, 2.45) is 11.5 Å². The third-order valence-electron chi connectivity index (χ3n) is 7.84. The van der Waals surface area contributed by atoms with Gasteiger partial charge < -0.3 is 21.3 Å². The highest BCUT2D eigenvalue weighted by molar-refractivity contribution is 6.34. The zero-order chi connectivity index (χ0) is 26.5. The summed E-state index contributed by atoms with van der Waals surface area (Å²) in [7, 11) is 0. The molecule has 8 heteroatoms. The highest BCUT2D eigenvalue weighted by Crippen LogP contribution is 2.58. The number of rotatable bonds is 7. The van der Waals surface area contributed by atoms with Gasteiger partial charge in [0, 0.05) is 34.2 Å². The fourth-order valence-electron chi connectivity index (χ4n) is 6.03. The number of aliphatic hydroxyl groups is 1. The van der Waals surface area contributed by atoms with E-state index < -0.39 is 35.2 Å². The Morgan fingerprint density at radius 2 is 1.89 bits per heavy atom. The van der Waals surface area contributed by atoms with E-state index >= 15 is 8.78 Å². The number of unbranched alkanes of at least 4 members (excludes halogenated alkanes) is 1. The van der Waals surface area contributed by atoms with E-state index in [2.05, 4.69) is 0 Å². The van der Waals surface area contributed by atoms with E-state index in [1.807, 2.05) is 37.3 Å². The Bertz CT molecular complexity index is 1380. The van der Waals surface area contributed by atoms with Crippen molar-refractivity contribution in [2.75, 3.05) is 6.54 Å². The molecule has 3 aromatic rings. The van der Waals surface area contributed by atoms with Gasteiger partial charge in [-0.3, -0.25) is 4.79 Å². The summed E-state index contributed by atoms with van der Waals surface area (Å²) in [6.45, 7) is 2.45. The molecule has 1 amide bonds. The number of primary amides is 1. The molecule has 1 aliphatic heterocycles. The van der Waals surface area contributed by atoms with Crippen LogP contribution in [0.1, 0.15) is 77.2 Å². The average molecular weight is 527 g/mol. The third kappa shape index (κ3) is 4.00. The molecular weight excluding hydrogens is 498 g/mol. The van der Waals surface area contributed by atoms with Crippen LogP contribution in [0.4, 0.5) is 8.78 Å². The molecule has 0 spiro atoms. The van der Waals surface area contributed by atoms with Gasteiger partial charge in [-0.25, -0.2) is 8.78 Å². The molecule has 3 atom stereocenters. The maximum atomic E-state index is 16.2. The number of hydrogen-bond acceptors (Lipinski definition) is 4. The predicted octanol–water partition coefficient (Wildman–Crippen LogP) is 5.88. The molecule has 2 aliphatic rings. The minimum Gasteiger partial charge on any atom is -0.482 e. The molecule has 0 bridgehead atoms. The number of aryl methyl sites for hydroxylation is 1. The van der Waals surface area contributed by atoms with Crippen LogP contribution in [0.25, 0.3) is 11.1 Å². The van der Waals surface area contributed by atoms with Gasteiger partial charge in [0.25, 0.3) is 0 Å². The molecule has 5 N–H and O–H groups in total. The summed E-state index contributed by atoms with van der Waals surface area (Å²) in [6, 6.07) is 12.3. The smallest absolute Gasteiger partial charge is 0.249 e. The maximum absolute atomic E-state index is 16.2. The number of amides is 1. The summed E-state index contributed by atoms with van der Waals surface area (Å²) < 4.78 is 38.1. The number of hydrogen-bond donors (Lipinski definition) is 3. The van der Waals surface area contributed by atoms with Crippen molar-refractivity contribution in [3.05, 3.63) is 86.9 Å². The van der Waals surface area contributed by atoms with E-state index in [-0.39, 0.29) is 33.0 Å². The molecule has 1 aliphatic carbocycles. The molecule has 0 saturated heterocycles. The van der Waals surface area contributed by atoms with Crippen LogP contribution in [0.2, 0.25) is 5.02 Å². The lowest BCUT2D eigenvalue weighted by Gasteiger charge is -2.34. The van der Waals surface area contributed by atoms with E-state index in [1.165, 1.54) is 12.1 Å². The Labute approximate surface area is 219 Å². The largest absolute Gasteiger partial charge is 0.482 e. The Hall–Kier alpha value is -3.00. The van der Waals surface area contributed by atoms with Crippen LogP contribution in [-0.2, 0) is 12.0 Å². The molecule has 0 aromatic heterocycles. The first-order valence-electron chi connectivity index (χ1n) is 12.5. The predicted molar refractivity (Wildman–Crippen MR) is 139 cm³/mol. The summed E-state index contributed by atoms with van der Waals surface area (Å²) in [4.78, 5) is 12.5. The van der Waals surface area contributed by atoms with Gasteiger partial charge in [-0.1, -0.05) is 48.9 Å². The SMILES string of the molecule is C[C@H]1c2c(cc(F)c(Cl)c2-c2c(C(N)=O)cc3c(c2F)[C@H](O)CC3)O[C@]1(CCCCN)c1ccccc1. The van der Waals surface area contributed by atoms with Gasteiger partial charge in [0.05, 0.1) is 16.7 Å². The molecule has 0 fully saturated rings. The summed E-state index contributed by atoms with van der Waals surface area (Å²) in [5.74, 6) is -2.63. The second-order valence-corrected chi connectivity index (χ2v) is 10.3. The molecule has 3 aromatic carbocycles. The van der Waals surface area contributed by atoms with Gasteiger partial charge in [0.15, 0.2) is 0 Å². The lowest BCUT2D eigenvalue weighted by atomic mass is 9.75. The van der Waals surface area contributed by atoms with Crippen molar-refractivity contribution in [3.63, 3.8) is 0 Å². The summed E-state index contributed by atoms with van der Waals surface area (Å²) >= 11 is 6.55. The number of aliphatic hydroxyl groups excluding tert-OH is 1. The van der Waals surface area contributed by atoms with E-state index in [1.54, 1.807) is 0 Å². The molecule has 5 rings (SSSR count). The van der Waals surface area contributed by atoms with Crippen LogP contribution < -0.4 is 16.2 Å². The van der Waals surface area contributed by atoms with Gasteiger partial charge in [-0.15, -0.1) is 0 Å². The van der Waals surface area contributed by atoms with Crippen LogP contribution in [-0.4, -0.2) is 17.6 Å². The fourth-order valence-corrected chi connectivity index (χ4v) is 6.28. The second-order valence-electron chi connectivity index (χ2n) is 9.89. The van der Waals surface area contributed by atoms with Crippen molar-refractivity contribution in [1.29, 1.82) is 0 Å². The number of carbonyl (C=O) groups excluding carboxylic acids is 1. The first-order chi connectivity index (χ1) is 17.7. The highest BCUT2D eigenvalue weighted by atomic mass is 35.5. The zero-order valence-electron chi connectivity index (χ0n) is 20.5. The average Bonchev–Trinajstić information content (AvgIpc) is 3.39. The van der Waals surface area contributed by atoms with Gasteiger partial charge in [0.1, 0.15) is 23.0 Å². The van der Waals surface area contributed by atoms with Gasteiger partial charge in [0.2, 0.25) is 5.91 Å². The van der Waals surface area contributed by atoms with Gasteiger partial charge in [-0.05, 0) is 55.8 Å². The highest BCUT2D eigenvalue weighted by Gasteiger charge is 2.49. The Morgan fingerprint density at radius 1 is 1.16 bits per heavy atom. The number of fused-ring (bicyclic) bond motifs is 2. The Balaban J connectivity index is 1.79. The molecule has 5 nitrogen and oxygen atoms in total. The molecular formula is C29H29ClF2N2O3. The van der Waals surface area contributed by atoms with Crippen LogP contribution >= 0.6 is 11.6 Å². The zero-order valence-corrected chi connectivity index (χ0v) is 21.2. The standard InChI is InChI=1S/C29H29ClF2N2O3/c1-15-22-21(37-29(15,11-5-6-12-33)17-7-3-2-4-8-17)14-19(31)26(30)25(22)24-18(28(34)36)13-16-9-10-20(35)23(16)27(24)32/h2-4,7-8,13-15,20,35H,5-6,9-12,33H2,1H3,(H2,34,36)/t15-,20+,29-/m0/s1. The van der Waals surface area contributed by atoms with E-state index in [0.717, 1.165) is 18.4 Å². The summed E-state index contributed by atoms with van der Waals surface area (Å²) in [5.41, 5.74) is 12.3. The fraction of sp³-hybridized carbons (Fsp3) is 0.345. The first kappa shape index (κ1) is 25.6. The first-order valence-corrected chi connectivity index (χ1v) is 12.9. The molecule has 37 heavy (non-hydrogen) atoms. The molecule has 0 unspecified atom stereocenters. The van der Waals surface area contributed by atoms with Crippen LogP contribution in [0.5, 0.6) is 5.75 Å². The molecule has 0 saturated carbocycles. The lowest BCUT2D eigenvalue weighted by molar-refractivity contribution is 0.0576. The van der Waals surface area contributed by atoms with Crippen LogP contribution in [0, 0.1) is 11.6 Å². The van der Waals surface area contributed by atoms with Gasteiger partial charge >= 0.3 is 0 Å². The number of nitrogens with two attached hydrogens (primary N) is 2. The van der Waals surface area contributed by atoms with Crippen molar-refractivity contribution < 1.29 is 23.4 Å². The molecule has 1 heterocycles. The van der Waals surface area contributed by atoms with Crippen LogP contribution in [0.3, 0.4) is 0 Å². The van der Waals surface area contributed by atoms with Crippen molar-refractivity contribution >= 4 is 17.5 Å². The Kier molecular flexibility index (Phi) is 6.73. The van der Waals surface area contributed by atoms with E-state index in [0.29, 0.717) is 36.9 Å². The number of halogens is 3. The summed E-state index contributed by atoms with van der Waals surface area (Å²) in [5, 5.41) is 10.2. The normalized spacial score (nSPS) is 22.0. The lowest BCUT2D eigenvalue weighted by Crippen LogP contribution is -2.34. The Morgan fingerprint density at radius 3 is 2.57 bits per heavy atom. The van der Waals surface area contributed by atoms with Crippen molar-refractivity contribution in [1.82, 2.24) is 0 Å². The topological polar surface area (TPSA) is 98.6 Å². The second kappa shape index (κ2) is 9.71. The number of carbonyl (C=O) groups is 1. The van der Waals surface area contributed by atoms with Crippen molar-refractivity contribution in [2.45, 2.75) is 56.7 Å².